The predicted molar refractivity (Wildman–Crippen MR) is 127 cm³/mol. The topological polar surface area (TPSA) is 98.8 Å². The minimum absolute atomic E-state index is 0.0454. The van der Waals surface area contributed by atoms with Crippen molar-refractivity contribution >= 4 is 28.6 Å². The number of benzene rings is 3. The van der Waals surface area contributed by atoms with Crippen LogP contribution in [0.1, 0.15) is 27.3 Å². The van der Waals surface area contributed by atoms with E-state index in [1.54, 1.807) is 18.3 Å². The van der Waals surface area contributed by atoms with Gasteiger partial charge < -0.3 is 9.30 Å². The molecular formula is C25H22N4O4. The van der Waals surface area contributed by atoms with Gasteiger partial charge in [-0.3, -0.25) is 14.9 Å². The number of nitro benzene ring substituents is 1. The fraction of sp³-hybridized carbons (Fsp3) is 0.120. The number of aryl methyl sites for hydroxylation is 1. The van der Waals surface area contributed by atoms with Crippen molar-refractivity contribution in [2.75, 3.05) is 7.11 Å². The highest BCUT2D eigenvalue weighted by Crippen LogP contribution is 2.31. The first-order valence-corrected chi connectivity index (χ1v) is 10.2. The van der Waals surface area contributed by atoms with Crippen molar-refractivity contribution < 1.29 is 14.5 Å². The van der Waals surface area contributed by atoms with E-state index in [-0.39, 0.29) is 11.6 Å². The molecule has 4 aromatic rings. The van der Waals surface area contributed by atoms with Gasteiger partial charge in [0.15, 0.2) is 0 Å². The lowest BCUT2D eigenvalue weighted by Gasteiger charge is -2.13. The van der Waals surface area contributed by atoms with Crippen LogP contribution in [0.2, 0.25) is 0 Å². The number of hydrogen-bond acceptors (Lipinski definition) is 5. The third-order valence-electron chi connectivity index (χ3n) is 5.49. The minimum Gasteiger partial charge on any atom is -0.494 e. The number of nitro groups is 1. The average molecular weight is 442 g/mol. The van der Waals surface area contributed by atoms with Gasteiger partial charge in [-0.05, 0) is 42.8 Å². The molecule has 8 heteroatoms. The molecule has 1 heterocycles. The SMILES string of the molecule is COc1cc([N+](=O)[O-])ccc1-n1c(C)cc(/C=N\NC(=O)c2cccc3ccccc23)c1C. The van der Waals surface area contributed by atoms with E-state index in [1.165, 1.54) is 19.2 Å². The number of nitrogens with zero attached hydrogens (tertiary/aromatic N) is 3. The number of hydrazone groups is 1. The number of carbonyl (C=O) groups is 1. The van der Waals surface area contributed by atoms with Crippen LogP contribution >= 0.6 is 0 Å². The number of amides is 1. The lowest BCUT2D eigenvalue weighted by molar-refractivity contribution is -0.384. The second-order valence-corrected chi connectivity index (χ2v) is 7.50. The van der Waals surface area contributed by atoms with E-state index in [9.17, 15) is 14.9 Å². The normalized spacial score (nSPS) is 11.1. The fourth-order valence-corrected chi connectivity index (χ4v) is 3.90. The zero-order valence-corrected chi connectivity index (χ0v) is 18.4. The zero-order chi connectivity index (χ0) is 23.5. The molecule has 33 heavy (non-hydrogen) atoms. The quantitative estimate of drug-likeness (QED) is 0.260. The van der Waals surface area contributed by atoms with Crippen LogP contribution in [0.25, 0.3) is 16.5 Å². The molecule has 0 unspecified atom stereocenters. The lowest BCUT2D eigenvalue weighted by atomic mass is 10.0. The molecule has 8 nitrogen and oxygen atoms in total. The summed E-state index contributed by atoms with van der Waals surface area (Å²) in [5.74, 6) is 0.0904. The fourth-order valence-electron chi connectivity index (χ4n) is 3.90. The van der Waals surface area contributed by atoms with Crippen molar-refractivity contribution in [2.24, 2.45) is 5.10 Å². The maximum atomic E-state index is 12.7. The Morgan fingerprint density at radius 1 is 1.09 bits per heavy atom. The van der Waals surface area contributed by atoms with Crippen LogP contribution in [0.4, 0.5) is 5.69 Å². The van der Waals surface area contributed by atoms with E-state index >= 15 is 0 Å². The standard InChI is InChI=1S/C25H22N4O4/c1-16-13-19(17(2)28(16)23-12-11-20(29(31)32)14-24(23)33-3)15-26-27-25(30)22-10-6-8-18-7-4-5-9-21(18)22/h4-15H,1-3H3,(H,27,30)/b26-15-. The monoisotopic (exact) mass is 442 g/mol. The molecule has 4 rings (SSSR count). The van der Waals surface area contributed by atoms with Crippen LogP contribution in [0, 0.1) is 24.0 Å². The van der Waals surface area contributed by atoms with Crippen molar-refractivity contribution in [1.82, 2.24) is 9.99 Å². The molecule has 0 spiro atoms. The summed E-state index contributed by atoms with van der Waals surface area (Å²) >= 11 is 0. The molecule has 0 bridgehead atoms. The molecule has 3 aromatic carbocycles. The molecule has 0 fully saturated rings. The molecule has 0 saturated carbocycles. The van der Waals surface area contributed by atoms with Gasteiger partial charge in [-0.15, -0.1) is 0 Å². The molecule has 1 N–H and O–H groups in total. The zero-order valence-electron chi connectivity index (χ0n) is 18.4. The number of methoxy groups -OCH3 is 1. The first kappa shape index (κ1) is 21.8. The summed E-state index contributed by atoms with van der Waals surface area (Å²) in [5.41, 5.74) is 6.32. The van der Waals surface area contributed by atoms with Gasteiger partial charge in [-0.25, -0.2) is 5.43 Å². The Balaban J connectivity index is 1.60. The van der Waals surface area contributed by atoms with Crippen LogP contribution in [0.15, 0.2) is 71.8 Å². The van der Waals surface area contributed by atoms with Gasteiger partial charge in [0.25, 0.3) is 11.6 Å². The second-order valence-electron chi connectivity index (χ2n) is 7.50. The Hall–Kier alpha value is -4.46. The van der Waals surface area contributed by atoms with E-state index < -0.39 is 4.92 Å². The molecule has 1 amide bonds. The maximum absolute atomic E-state index is 12.7. The highest BCUT2D eigenvalue weighted by Gasteiger charge is 2.17. The Morgan fingerprint density at radius 2 is 1.85 bits per heavy atom. The van der Waals surface area contributed by atoms with Gasteiger partial charge in [-0.1, -0.05) is 36.4 Å². The Kier molecular flexibility index (Phi) is 5.91. The van der Waals surface area contributed by atoms with E-state index in [0.717, 1.165) is 27.7 Å². The number of fused-ring (bicyclic) bond motifs is 1. The Morgan fingerprint density at radius 3 is 2.61 bits per heavy atom. The van der Waals surface area contributed by atoms with Crippen molar-refractivity contribution in [3.63, 3.8) is 0 Å². The summed E-state index contributed by atoms with van der Waals surface area (Å²) in [6, 6.07) is 19.6. The first-order valence-electron chi connectivity index (χ1n) is 10.2. The van der Waals surface area contributed by atoms with Crippen LogP contribution in [-0.4, -0.2) is 28.7 Å². The summed E-state index contributed by atoms with van der Waals surface area (Å²) in [6.07, 6.45) is 1.58. The summed E-state index contributed by atoms with van der Waals surface area (Å²) < 4.78 is 7.32. The van der Waals surface area contributed by atoms with Gasteiger partial charge >= 0.3 is 0 Å². The third-order valence-corrected chi connectivity index (χ3v) is 5.49. The summed E-state index contributed by atoms with van der Waals surface area (Å²) in [4.78, 5) is 23.3. The predicted octanol–water partition coefficient (Wildman–Crippen LogP) is 4.93. The maximum Gasteiger partial charge on any atom is 0.273 e. The van der Waals surface area contributed by atoms with E-state index in [1.807, 2.05) is 60.9 Å². The lowest BCUT2D eigenvalue weighted by Crippen LogP contribution is -2.18. The number of carbonyl (C=O) groups excluding carboxylic acids is 1. The van der Waals surface area contributed by atoms with Gasteiger partial charge in [0.2, 0.25) is 0 Å². The Labute approximate surface area is 190 Å². The highest BCUT2D eigenvalue weighted by molar-refractivity contribution is 6.07. The van der Waals surface area contributed by atoms with Gasteiger partial charge in [-0.2, -0.15) is 5.10 Å². The number of rotatable bonds is 6. The van der Waals surface area contributed by atoms with Crippen LogP contribution in [0.3, 0.4) is 0 Å². The summed E-state index contributed by atoms with van der Waals surface area (Å²) in [7, 11) is 1.47. The highest BCUT2D eigenvalue weighted by atomic mass is 16.6. The molecule has 0 radical (unpaired) electrons. The van der Waals surface area contributed by atoms with E-state index in [2.05, 4.69) is 10.5 Å². The average Bonchev–Trinajstić information content (AvgIpc) is 3.10. The van der Waals surface area contributed by atoms with Crippen LogP contribution < -0.4 is 10.2 Å². The van der Waals surface area contributed by atoms with Crippen LogP contribution in [-0.2, 0) is 0 Å². The minimum atomic E-state index is -0.460. The molecule has 1 aromatic heterocycles. The molecule has 0 aliphatic rings. The van der Waals surface area contributed by atoms with Gasteiger partial charge in [0.1, 0.15) is 5.75 Å². The van der Waals surface area contributed by atoms with Gasteiger partial charge in [0.05, 0.1) is 30.0 Å². The van der Waals surface area contributed by atoms with Crippen molar-refractivity contribution in [1.29, 1.82) is 0 Å². The Bertz CT molecular complexity index is 1400. The largest absolute Gasteiger partial charge is 0.494 e. The molecule has 0 atom stereocenters. The number of ether oxygens (including phenoxy) is 1. The second kappa shape index (κ2) is 8.96. The summed E-state index contributed by atoms with van der Waals surface area (Å²) in [6.45, 7) is 3.82. The molecule has 166 valence electrons. The van der Waals surface area contributed by atoms with Crippen molar-refractivity contribution in [3.8, 4) is 11.4 Å². The third kappa shape index (κ3) is 4.18. The number of aromatic nitrogens is 1. The van der Waals surface area contributed by atoms with Crippen LogP contribution in [0.5, 0.6) is 5.75 Å². The molecular weight excluding hydrogens is 420 g/mol. The summed E-state index contributed by atoms with van der Waals surface area (Å²) in [5, 5.41) is 17.1. The number of nitrogens with one attached hydrogen (secondary N) is 1. The van der Waals surface area contributed by atoms with Gasteiger partial charge in [0, 0.05) is 28.6 Å². The van der Waals surface area contributed by atoms with Crippen molar-refractivity contribution in [3.05, 3.63) is 99.4 Å². The number of non-ortho nitro benzene ring substituents is 1. The number of hydrogen-bond donors (Lipinski definition) is 1. The van der Waals surface area contributed by atoms with E-state index in [4.69, 9.17) is 4.74 Å². The molecule has 0 aliphatic carbocycles. The van der Waals surface area contributed by atoms with Crippen molar-refractivity contribution in [2.45, 2.75) is 13.8 Å². The smallest absolute Gasteiger partial charge is 0.273 e. The first-order chi connectivity index (χ1) is 15.9. The van der Waals surface area contributed by atoms with E-state index in [0.29, 0.717) is 17.0 Å². The molecule has 0 saturated heterocycles. The molecule has 0 aliphatic heterocycles.